The van der Waals surface area contributed by atoms with Crippen LogP contribution in [0.4, 0.5) is 0 Å². The normalized spacial score (nSPS) is 12.1. The summed E-state index contributed by atoms with van der Waals surface area (Å²) in [6, 6.07) is 4.58. The van der Waals surface area contributed by atoms with Crippen molar-refractivity contribution in [2.45, 2.75) is 64.7 Å². The van der Waals surface area contributed by atoms with Gasteiger partial charge in [0, 0.05) is 6.54 Å². The van der Waals surface area contributed by atoms with Gasteiger partial charge in [-0.25, -0.2) is 0 Å². The number of unbranched alkanes of at least 4 members (excludes halogenated alkanes) is 5. The van der Waals surface area contributed by atoms with Crippen LogP contribution in [0.1, 0.15) is 70.3 Å². The molecule has 4 heteroatoms. The highest BCUT2D eigenvalue weighted by molar-refractivity contribution is 5.83. The van der Waals surface area contributed by atoms with Crippen LogP contribution < -0.4 is 5.32 Å². The highest BCUT2D eigenvalue weighted by atomic mass is 16.3. The van der Waals surface area contributed by atoms with Crippen molar-refractivity contribution in [2.75, 3.05) is 6.54 Å². The van der Waals surface area contributed by atoms with Crippen molar-refractivity contribution in [1.29, 1.82) is 0 Å². The summed E-state index contributed by atoms with van der Waals surface area (Å²) in [5.74, 6) is -0.640. The van der Waals surface area contributed by atoms with Crippen LogP contribution in [-0.2, 0) is 4.79 Å². The lowest BCUT2D eigenvalue weighted by Gasteiger charge is -2.16. The van der Waals surface area contributed by atoms with Crippen LogP contribution in [0.3, 0.4) is 0 Å². The van der Waals surface area contributed by atoms with Gasteiger partial charge in [-0.1, -0.05) is 52.0 Å². The fraction of sp³-hybridized carbons (Fsp3) is 0.611. The number of amides is 1. The summed E-state index contributed by atoms with van der Waals surface area (Å²) in [5.41, 5.74) is 0.734. The van der Waals surface area contributed by atoms with Gasteiger partial charge in [-0.05, 0) is 30.5 Å². The molecular formula is C18H29NO3. The van der Waals surface area contributed by atoms with Crippen LogP contribution in [-0.4, -0.2) is 22.7 Å². The average molecular weight is 307 g/mol. The SMILES string of the molecule is CCCCCCCCNC(=O)C(CC)c1ccc(O)c(O)c1. The van der Waals surface area contributed by atoms with Gasteiger partial charge in [0.2, 0.25) is 5.91 Å². The quantitative estimate of drug-likeness (QED) is 0.451. The summed E-state index contributed by atoms with van der Waals surface area (Å²) in [7, 11) is 0. The number of aromatic hydroxyl groups is 2. The van der Waals surface area contributed by atoms with Crippen molar-refractivity contribution in [3.05, 3.63) is 23.8 Å². The number of rotatable bonds is 10. The lowest BCUT2D eigenvalue weighted by atomic mass is 9.95. The van der Waals surface area contributed by atoms with Crippen molar-refractivity contribution in [2.24, 2.45) is 0 Å². The number of hydrogen-bond donors (Lipinski definition) is 3. The highest BCUT2D eigenvalue weighted by Gasteiger charge is 2.19. The van der Waals surface area contributed by atoms with E-state index < -0.39 is 0 Å². The van der Waals surface area contributed by atoms with E-state index in [0.29, 0.717) is 13.0 Å². The Kier molecular flexibility index (Phi) is 8.41. The smallest absolute Gasteiger partial charge is 0.227 e. The van der Waals surface area contributed by atoms with E-state index in [9.17, 15) is 15.0 Å². The first kappa shape index (κ1) is 18.3. The lowest BCUT2D eigenvalue weighted by Crippen LogP contribution is -2.30. The van der Waals surface area contributed by atoms with Crippen molar-refractivity contribution >= 4 is 5.91 Å². The van der Waals surface area contributed by atoms with Gasteiger partial charge in [0.25, 0.3) is 0 Å². The third kappa shape index (κ3) is 5.96. The number of carbonyl (C=O) groups is 1. The van der Waals surface area contributed by atoms with Crippen molar-refractivity contribution < 1.29 is 15.0 Å². The molecule has 0 spiro atoms. The van der Waals surface area contributed by atoms with Gasteiger partial charge < -0.3 is 15.5 Å². The first-order valence-corrected chi connectivity index (χ1v) is 8.39. The second-order valence-electron chi connectivity index (χ2n) is 5.77. The van der Waals surface area contributed by atoms with Crippen LogP contribution in [0.5, 0.6) is 11.5 Å². The van der Waals surface area contributed by atoms with Crippen LogP contribution in [0.2, 0.25) is 0 Å². The van der Waals surface area contributed by atoms with E-state index in [1.54, 1.807) is 6.07 Å². The Morgan fingerprint density at radius 2 is 1.73 bits per heavy atom. The molecule has 22 heavy (non-hydrogen) atoms. The predicted octanol–water partition coefficient (Wildman–Crippen LogP) is 4.07. The van der Waals surface area contributed by atoms with E-state index in [2.05, 4.69) is 12.2 Å². The minimum absolute atomic E-state index is 0.0128. The molecular weight excluding hydrogens is 278 g/mol. The first-order valence-electron chi connectivity index (χ1n) is 8.39. The number of carbonyl (C=O) groups excluding carboxylic acids is 1. The van der Waals surface area contributed by atoms with Gasteiger partial charge in [0.15, 0.2) is 11.5 Å². The second kappa shape index (κ2) is 10.1. The summed E-state index contributed by atoms with van der Waals surface area (Å²) < 4.78 is 0. The zero-order valence-electron chi connectivity index (χ0n) is 13.8. The van der Waals surface area contributed by atoms with E-state index in [0.717, 1.165) is 18.4 Å². The van der Waals surface area contributed by atoms with Crippen LogP contribution in [0.25, 0.3) is 0 Å². The summed E-state index contributed by atoms with van der Waals surface area (Å²) in [6.07, 6.45) is 7.85. The molecule has 1 amide bonds. The Balaban J connectivity index is 2.39. The maximum Gasteiger partial charge on any atom is 0.227 e. The number of phenols is 2. The third-order valence-corrected chi connectivity index (χ3v) is 3.96. The molecule has 1 rings (SSSR count). The van der Waals surface area contributed by atoms with Gasteiger partial charge in [0.05, 0.1) is 5.92 Å². The van der Waals surface area contributed by atoms with E-state index >= 15 is 0 Å². The standard InChI is InChI=1S/C18H29NO3/c1-3-5-6-7-8-9-12-19-18(22)15(4-2)14-10-11-16(20)17(21)13-14/h10-11,13,15,20-21H,3-9,12H2,1-2H3,(H,19,22). The Bertz CT molecular complexity index is 460. The molecule has 0 aliphatic heterocycles. The molecule has 0 aliphatic carbocycles. The summed E-state index contributed by atoms with van der Waals surface area (Å²) >= 11 is 0. The maximum atomic E-state index is 12.3. The molecule has 0 aliphatic rings. The Morgan fingerprint density at radius 3 is 2.36 bits per heavy atom. The molecule has 124 valence electrons. The zero-order chi connectivity index (χ0) is 16.4. The molecule has 3 N–H and O–H groups in total. The van der Waals surface area contributed by atoms with Crippen LogP contribution in [0.15, 0.2) is 18.2 Å². The van der Waals surface area contributed by atoms with Gasteiger partial charge in [-0.3, -0.25) is 4.79 Å². The van der Waals surface area contributed by atoms with E-state index in [4.69, 9.17) is 0 Å². The molecule has 1 atom stereocenters. The second-order valence-corrected chi connectivity index (χ2v) is 5.77. The molecule has 0 aromatic heterocycles. The number of nitrogens with one attached hydrogen (secondary N) is 1. The van der Waals surface area contributed by atoms with Crippen molar-refractivity contribution in [3.8, 4) is 11.5 Å². The molecule has 0 radical (unpaired) electrons. The third-order valence-electron chi connectivity index (χ3n) is 3.96. The highest BCUT2D eigenvalue weighted by Crippen LogP contribution is 2.30. The van der Waals surface area contributed by atoms with Crippen molar-refractivity contribution in [1.82, 2.24) is 5.32 Å². The molecule has 1 unspecified atom stereocenters. The summed E-state index contributed by atoms with van der Waals surface area (Å²) in [6.45, 7) is 4.84. The van der Waals surface area contributed by atoms with Crippen LogP contribution in [0, 0.1) is 0 Å². The molecule has 0 saturated carbocycles. The molecule has 0 heterocycles. The largest absolute Gasteiger partial charge is 0.504 e. The van der Waals surface area contributed by atoms with E-state index in [-0.39, 0.29) is 23.3 Å². The minimum Gasteiger partial charge on any atom is -0.504 e. The molecule has 0 saturated heterocycles. The average Bonchev–Trinajstić information content (AvgIpc) is 2.50. The molecule has 0 fully saturated rings. The topological polar surface area (TPSA) is 69.6 Å². The molecule has 0 bridgehead atoms. The minimum atomic E-state index is -0.286. The van der Waals surface area contributed by atoms with Crippen LogP contribution >= 0.6 is 0 Å². The Hall–Kier alpha value is -1.71. The molecule has 1 aromatic rings. The lowest BCUT2D eigenvalue weighted by molar-refractivity contribution is -0.122. The first-order chi connectivity index (χ1) is 10.6. The fourth-order valence-corrected chi connectivity index (χ4v) is 2.57. The fourth-order valence-electron chi connectivity index (χ4n) is 2.57. The predicted molar refractivity (Wildman–Crippen MR) is 89.2 cm³/mol. The van der Waals surface area contributed by atoms with Gasteiger partial charge in [-0.2, -0.15) is 0 Å². The monoisotopic (exact) mass is 307 g/mol. The number of benzene rings is 1. The number of hydrogen-bond acceptors (Lipinski definition) is 3. The van der Waals surface area contributed by atoms with Gasteiger partial charge >= 0.3 is 0 Å². The maximum absolute atomic E-state index is 12.3. The zero-order valence-corrected chi connectivity index (χ0v) is 13.8. The van der Waals surface area contributed by atoms with Crippen molar-refractivity contribution in [3.63, 3.8) is 0 Å². The molecule has 4 nitrogen and oxygen atoms in total. The Morgan fingerprint density at radius 1 is 1.05 bits per heavy atom. The van der Waals surface area contributed by atoms with Gasteiger partial charge in [0.1, 0.15) is 0 Å². The summed E-state index contributed by atoms with van der Waals surface area (Å²) in [4.78, 5) is 12.3. The van der Waals surface area contributed by atoms with Gasteiger partial charge in [-0.15, -0.1) is 0 Å². The Labute approximate surface area is 133 Å². The van der Waals surface area contributed by atoms with E-state index in [1.165, 1.54) is 37.8 Å². The van der Waals surface area contributed by atoms with E-state index in [1.807, 2.05) is 6.92 Å². The number of phenolic OH excluding ortho intramolecular Hbond substituents is 2. The molecule has 1 aromatic carbocycles. The summed E-state index contributed by atoms with van der Waals surface area (Å²) in [5, 5.41) is 21.9.